The molecule has 7 heteroatoms. The van der Waals surface area contributed by atoms with Crippen LogP contribution in [0.15, 0.2) is 54.9 Å². The molecule has 1 aromatic carbocycles. The summed E-state index contributed by atoms with van der Waals surface area (Å²) in [6.45, 7) is -0.333. The molecule has 128 valence electrons. The van der Waals surface area contributed by atoms with Crippen LogP contribution < -0.4 is 10.00 Å². The summed E-state index contributed by atoms with van der Waals surface area (Å²) in [5, 5.41) is 15.4. The maximum absolute atomic E-state index is 13.4. The van der Waals surface area contributed by atoms with Gasteiger partial charge in [-0.3, -0.25) is 9.78 Å². The monoisotopic (exact) mass is 341 g/mol. The number of rotatable bonds is 5. The van der Waals surface area contributed by atoms with Crippen molar-refractivity contribution in [2.75, 3.05) is 6.61 Å². The van der Waals surface area contributed by atoms with Gasteiger partial charge in [-0.05, 0) is 29.8 Å². The molecule has 0 saturated heterocycles. The molecule has 25 heavy (non-hydrogen) atoms. The minimum absolute atomic E-state index is 0.333. The van der Waals surface area contributed by atoms with Gasteiger partial charge in [0.2, 0.25) is 0 Å². The highest BCUT2D eigenvalue weighted by molar-refractivity contribution is 5.92. The van der Waals surface area contributed by atoms with Gasteiger partial charge in [-0.2, -0.15) is 5.10 Å². The van der Waals surface area contributed by atoms with E-state index in [0.29, 0.717) is 11.3 Å². The standard InChI is InChI=1S/C18H17FN4O2/c1-23-17(10-15(22-23)12-5-7-20-8-6-12)18(25)21-16(11-24)13-3-2-4-14(19)9-13/h2-10,16,24H,11H2,1H3,(H,21,25)/p+1. The van der Waals surface area contributed by atoms with Gasteiger partial charge in [-0.15, -0.1) is 4.68 Å². The quantitative estimate of drug-likeness (QED) is 0.615. The molecule has 2 aromatic heterocycles. The molecule has 0 fully saturated rings. The lowest BCUT2D eigenvalue weighted by Gasteiger charge is -2.15. The molecule has 1 amide bonds. The van der Waals surface area contributed by atoms with E-state index in [-0.39, 0.29) is 12.5 Å². The fraction of sp³-hybridized carbons (Fsp3) is 0.167. The highest BCUT2D eigenvalue weighted by Crippen LogP contribution is 2.17. The Balaban J connectivity index is 1.82. The Morgan fingerprint density at radius 3 is 2.76 bits per heavy atom. The first-order chi connectivity index (χ1) is 12.1. The van der Waals surface area contributed by atoms with Crippen LogP contribution in [0.5, 0.6) is 0 Å². The maximum Gasteiger partial charge on any atom is 0.319 e. The Labute approximate surface area is 144 Å². The van der Waals surface area contributed by atoms with Crippen LogP contribution in [0, 0.1) is 5.82 Å². The predicted octanol–water partition coefficient (Wildman–Crippen LogP) is 1.50. The molecule has 0 saturated carbocycles. The number of hydrogen-bond acceptors (Lipinski definition) is 3. The van der Waals surface area contributed by atoms with Crippen LogP contribution in [0.25, 0.3) is 11.3 Å². The van der Waals surface area contributed by atoms with Crippen LogP contribution in [-0.4, -0.2) is 27.7 Å². The second kappa shape index (κ2) is 7.23. The molecule has 3 N–H and O–H groups in total. The molecule has 0 aliphatic heterocycles. The molecule has 1 atom stereocenters. The van der Waals surface area contributed by atoms with Gasteiger partial charge in [-0.1, -0.05) is 12.1 Å². The number of pyridine rings is 1. The average molecular weight is 341 g/mol. The van der Waals surface area contributed by atoms with Crippen LogP contribution in [0.4, 0.5) is 4.39 Å². The number of aliphatic hydroxyl groups is 1. The lowest BCUT2D eigenvalue weighted by Crippen LogP contribution is -2.42. The molecule has 1 unspecified atom stereocenters. The summed E-state index contributed by atoms with van der Waals surface area (Å²) < 4.78 is 15.0. The summed E-state index contributed by atoms with van der Waals surface area (Å²) in [6.07, 6.45) is 3.34. The first-order valence-electron chi connectivity index (χ1n) is 7.75. The predicted molar refractivity (Wildman–Crippen MR) is 88.9 cm³/mol. The molecule has 0 bridgehead atoms. The van der Waals surface area contributed by atoms with Crippen molar-refractivity contribution in [2.45, 2.75) is 6.04 Å². The Morgan fingerprint density at radius 2 is 2.08 bits per heavy atom. The van der Waals surface area contributed by atoms with E-state index in [1.165, 1.54) is 18.2 Å². The number of amides is 1. The molecule has 0 radical (unpaired) electrons. The van der Waals surface area contributed by atoms with Gasteiger partial charge in [0.25, 0.3) is 5.69 Å². The smallest absolute Gasteiger partial charge is 0.319 e. The lowest BCUT2D eigenvalue weighted by atomic mass is 10.1. The summed E-state index contributed by atoms with van der Waals surface area (Å²) in [5.41, 5.74) is 2.56. The first kappa shape index (κ1) is 16.8. The zero-order chi connectivity index (χ0) is 17.8. The van der Waals surface area contributed by atoms with Gasteiger partial charge in [-0.25, -0.2) is 4.39 Å². The Morgan fingerprint density at radius 1 is 1.32 bits per heavy atom. The Hall–Kier alpha value is -3.06. The van der Waals surface area contributed by atoms with Crippen molar-refractivity contribution in [3.05, 3.63) is 71.9 Å². The van der Waals surface area contributed by atoms with E-state index in [4.69, 9.17) is 0 Å². The number of nitrogens with one attached hydrogen (secondary N) is 2. The van der Waals surface area contributed by atoms with Gasteiger partial charge >= 0.3 is 5.91 Å². The van der Waals surface area contributed by atoms with Crippen molar-refractivity contribution in [1.29, 1.82) is 0 Å². The third-order valence-corrected chi connectivity index (χ3v) is 3.89. The molecular formula is C18H18FN4O2+. The topological polar surface area (TPSA) is 81.9 Å². The van der Waals surface area contributed by atoms with E-state index in [2.05, 4.69) is 15.4 Å². The van der Waals surface area contributed by atoms with Crippen molar-refractivity contribution in [3.8, 4) is 11.3 Å². The number of aromatic nitrogens is 3. The van der Waals surface area contributed by atoms with Crippen molar-refractivity contribution in [2.24, 2.45) is 7.05 Å². The number of H-pyrrole nitrogens is 1. The van der Waals surface area contributed by atoms with Gasteiger partial charge < -0.3 is 10.4 Å². The number of halogens is 1. The Kier molecular flexibility index (Phi) is 4.85. The second-order valence-electron chi connectivity index (χ2n) is 5.61. The molecule has 0 spiro atoms. The zero-order valence-electron chi connectivity index (χ0n) is 13.6. The van der Waals surface area contributed by atoms with Crippen molar-refractivity contribution in [3.63, 3.8) is 0 Å². The summed E-state index contributed by atoms with van der Waals surface area (Å²) in [5.74, 6) is -0.792. The number of carbonyl (C=O) groups is 1. The molecule has 6 nitrogen and oxygen atoms in total. The lowest BCUT2D eigenvalue weighted by molar-refractivity contribution is -0.727. The van der Waals surface area contributed by atoms with Crippen LogP contribution in [0.3, 0.4) is 0 Å². The maximum atomic E-state index is 13.4. The zero-order valence-corrected chi connectivity index (χ0v) is 13.6. The van der Waals surface area contributed by atoms with E-state index < -0.39 is 11.9 Å². The van der Waals surface area contributed by atoms with Crippen molar-refractivity contribution in [1.82, 2.24) is 15.4 Å². The van der Waals surface area contributed by atoms with Gasteiger partial charge in [0, 0.05) is 24.0 Å². The number of benzene rings is 1. The molecule has 0 aliphatic rings. The third kappa shape index (κ3) is 3.72. The molecular weight excluding hydrogens is 323 g/mol. The van der Waals surface area contributed by atoms with E-state index in [9.17, 15) is 14.3 Å². The average Bonchev–Trinajstić information content (AvgIpc) is 3.02. The van der Waals surface area contributed by atoms with Gasteiger partial charge in [0.15, 0.2) is 7.05 Å². The number of aliphatic hydroxyl groups excluding tert-OH is 1. The van der Waals surface area contributed by atoms with Gasteiger partial charge in [0.05, 0.1) is 12.6 Å². The second-order valence-corrected chi connectivity index (χ2v) is 5.61. The number of nitrogens with zero attached hydrogens (tertiary/aromatic N) is 2. The largest absolute Gasteiger partial charge is 0.394 e. The number of hydrogen-bond donors (Lipinski definition) is 3. The van der Waals surface area contributed by atoms with E-state index >= 15 is 0 Å². The fourth-order valence-electron chi connectivity index (χ4n) is 2.59. The number of aryl methyl sites for hydroxylation is 1. The molecule has 0 aliphatic carbocycles. The molecule has 2 heterocycles. The van der Waals surface area contributed by atoms with Crippen LogP contribution in [0.1, 0.15) is 22.1 Å². The van der Waals surface area contributed by atoms with Gasteiger partial charge in [0.1, 0.15) is 11.5 Å². The van der Waals surface area contributed by atoms with Crippen LogP contribution in [0.2, 0.25) is 0 Å². The SMILES string of the molecule is C[n+]1[nH]c(-c2ccncc2)cc1C(=O)NC(CO)c1cccc(F)c1. The highest BCUT2D eigenvalue weighted by Gasteiger charge is 2.24. The first-order valence-corrected chi connectivity index (χ1v) is 7.75. The highest BCUT2D eigenvalue weighted by atomic mass is 19.1. The molecule has 3 rings (SSSR count). The van der Waals surface area contributed by atoms with E-state index in [0.717, 1.165) is 11.3 Å². The molecule has 3 aromatic rings. The van der Waals surface area contributed by atoms with E-state index in [1.54, 1.807) is 36.3 Å². The number of carbonyl (C=O) groups excluding carboxylic acids is 1. The van der Waals surface area contributed by atoms with E-state index in [1.807, 2.05) is 12.1 Å². The van der Waals surface area contributed by atoms with Crippen molar-refractivity contribution < 1.29 is 19.0 Å². The normalized spacial score (nSPS) is 12.0. The number of aromatic amines is 1. The van der Waals surface area contributed by atoms with Crippen LogP contribution in [-0.2, 0) is 7.05 Å². The summed E-state index contributed by atoms with van der Waals surface area (Å²) in [6, 6.07) is 10.5. The summed E-state index contributed by atoms with van der Waals surface area (Å²) in [7, 11) is 1.72. The minimum Gasteiger partial charge on any atom is -0.394 e. The summed E-state index contributed by atoms with van der Waals surface area (Å²) >= 11 is 0. The minimum atomic E-state index is -0.692. The fourth-order valence-corrected chi connectivity index (χ4v) is 2.59. The third-order valence-electron chi connectivity index (χ3n) is 3.89. The Bertz CT molecular complexity index is 880. The van der Waals surface area contributed by atoms with Crippen LogP contribution >= 0.6 is 0 Å². The summed E-state index contributed by atoms with van der Waals surface area (Å²) in [4.78, 5) is 16.5. The van der Waals surface area contributed by atoms with Crippen molar-refractivity contribution >= 4 is 5.91 Å².